The Balaban J connectivity index is 1.72. The number of amides is 1. The first kappa shape index (κ1) is 16.9. The van der Waals surface area contributed by atoms with E-state index in [4.69, 9.17) is 0 Å². The van der Waals surface area contributed by atoms with Gasteiger partial charge in [0.05, 0.1) is 16.3 Å². The molecule has 0 aliphatic rings. The molecule has 0 bridgehead atoms. The van der Waals surface area contributed by atoms with Gasteiger partial charge in [0, 0.05) is 23.6 Å². The molecule has 0 radical (unpaired) electrons. The van der Waals surface area contributed by atoms with Gasteiger partial charge in [0.15, 0.2) is 9.84 Å². The number of carbonyl (C=O) groups is 1. The SMILES string of the molecule is CCS(=O)(=O)c1ccc(NC(=O)c2ccc(-n3cccn3)cc2)cc1. The number of rotatable bonds is 5. The zero-order valence-corrected chi connectivity index (χ0v) is 14.4. The first-order valence-corrected chi connectivity index (χ1v) is 9.39. The summed E-state index contributed by atoms with van der Waals surface area (Å²) < 4.78 is 25.3. The third-order valence-corrected chi connectivity index (χ3v) is 5.50. The lowest BCUT2D eigenvalue weighted by molar-refractivity contribution is 0.102. The van der Waals surface area contributed by atoms with Gasteiger partial charge in [0.2, 0.25) is 0 Å². The third-order valence-electron chi connectivity index (χ3n) is 3.75. The van der Waals surface area contributed by atoms with E-state index in [0.717, 1.165) is 5.69 Å². The van der Waals surface area contributed by atoms with Crippen LogP contribution in [-0.2, 0) is 9.84 Å². The standard InChI is InChI=1S/C18H17N3O3S/c1-2-25(23,24)17-10-6-15(7-11-17)20-18(22)14-4-8-16(9-5-14)21-13-3-12-19-21/h3-13H,2H2,1H3,(H,20,22). The van der Waals surface area contributed by atoms with Crippen LogP contribution in [-0.4, -0.2) is 29.9 Å². The minimum absolute atomic E-state index is 0.0430. The number of aromatic nitrogens is 2. The number of nitrogens with one attached hydrogen (secondary N) is 1. The van der Waals surface area contributed by atoms with Crippen molar-refractivity contribution in [2.45, 2.75) is 11.8 Å². The number of hydrogen-bond acceptors (Lipinski definition) is 4. The zero-order chi connectivity index (χ0) is 17.9. The molecule has 0 unspecified atom stereocenters. The summed E-state index contributed by atoms with van der Waals surface area (Å²) >= 11 is 0. The molecule has 0 saturated carbocycles. The second kappa shape index (κ2) is 6.90. The van der Waals surface area contributed by atoms with Gasteiger partial charge in [-0.05, 0) is 54.6 Å². The number of benzene rings is 2. The molecule has 1 N–H and O–H groups in total. The fraction of sp³-hybridized carbons (Fsp3) is 0.111. The van der Waals surface area contributed by atoms with Gasteiger partial charge in [-0.1, -0.05) is 6.92 Å². The lowest BCUT2D eigenvalue weighted by atomic mass is 10.2. The van der Waals surface area contributed by atoms with Crippen LogP contribution in [0.5, 0.6) is 0 Å². The average Bonchev–Trinajstić information content (AvgIpc) is 3.17. The number of nitrogens with zero attached hydrogens (tertiary/aromatic N) is 2. The van der Waals surface area contributed by atoms with Gasteiger partial charge in [-0.3, -0.25) is 4.79 Å². The van der Waals surface area contributed by atoms with Crippen molar-refractivity contribution in [3.05, 3.63) is 72.6 Å². The Hall–Kier alpha value is -2.93. The molecule has 0 aliphatic heterocycles. The molecule has 0 spiro atoms. The first-order valence-electron chi connectivity index (χ1n) is 7.74. The van der Waals surface area contributed by atoms with E-state index in [-0.39, 0.29) is 16.6 Å². The Morgan fingerprint density at radius 2 is 1.76 bits per heavy atom. The Labute approximate surface area is 146 Å². The largest absolute Gasteiger partial charge is 0.322 e. The minimum Gasteiger partial charge on any atom is -0.322 e. The quantitative estimate of drug-likeness (QED) is 0.763. The van der Waals surface area contributed by atoms with E-state index < -0.39 is 9.84 Å². The fourth-order valence-corrected chi connectivity index (χ4v) is 3.19. The van der Waals surface area contributed by atoms with Crippen molar-refractivity contribution < 1.29 is 13.2 Å². The Morgan fingerprint density at radius 1 is 1.08 bits per heavy atom. The Kier molecular flexibility index (Phi) is 4.67. The van der Waals surface area contributed by atoms with E-state index in [1.54, 1.807) is 54.2 Å². The molecule has 1 amide bonds. The summed E-state index contributed by atoms with van der Waals surface area (Å²) in [5.74, 6) is -0.223. The number of anilines is 1. The smallest absolute Gasteiger partial charge is 0.255 e. The highest BCUT2D eigenvalue weighted by atomic mass is 32.2. The van der Waals surface area contributed by atoms with Crippen molar-refractivity contribution >= 4 is 21.4 Å². The maximum atomic E-state index is 12.3. The molecule has 3 aromatic rings. The number of hydrogen-bond donors (Lipinski definition) is 1. The van der Waals surface area contributed by atoms with E-state index in [0.29, 0.717) is 11.3 Å². The summed E-state index contributed by atoms with van der Waals surface area (Å²) in [6.07, 6.45) is 3.50. The number of sulfone groups is 1. The van der Waals surface area contributed by atoms with Crippen molar-refractivity contribution in [1.29, 1.82) is 0 Å². The van der Waals surface area contributed by atoms with Crippen molar-refractivity contribution in [2.24, 2.45) is 0 Å². The van der Waals surface area contributed by atoms with Gasteiger partial charge in [-0.15, -0.1) is 0 Å². The van der Waals surface area contributed by atoms with Crippen LogP contribution < -0.4 is 5.32 Å². The van der Waals surface area contributed by atoms with E-state index in [9.17, 15) is 13.2 Å². The Bertz CT molecular complexity index is 961. The highest BCUT2D eigenvalue weighted by Crippen LogP contribution is 2.16. The van der Waals surface area contributed by atoms with Crippen molar-refractivity contribution in [2.75, 3.05) is 11.1 Å². The normalized spacial score (nSPS) is 11.2. The second-order valence-electron chi connectivity index (χ2n) is 5.38. The topological polar surface area (TPSA) is 81.1 Å². The van der Waals surface area contributed by atoms with Gasteiger partial charge in [-0.2, -0.15) is 5.10 Å². The summed E-state index contributed by atoms with van der Waals surface area (Å²) in [5.41, 5.74) is 1.90. The highest BCUT2D eigenvalue weighted by molar-refractivity contribution is 7.91. The van der Waals surface area contributed by atoms with Crippen LogP contribution in [0.3, 0.4) is 0 Å². The van der Waals surface area contributed by atoms with Crippen LogP contribution in [0.2, 0.25) is 0 Å². The van der Waals surface area contributed by atoms with Crippen LogP contribution >= 0.6 is 0 Å². The van der Waals surface area contributed by atoms with Crippen LogP contribution in [0.4, 0.5) is 5.69 Å². The lowest BCUT2D eigenvalue weighted by Gasteiger charge is -2.08. The molecule has 6 nitrogen and oxygen atoms in total. The van der Waals surface area contributed by atoms with Gasteiger partial charge >= 0.3 is 0 Å². The van der Waals surface area contributed by atoms with Crippen LogP contribution in [0.1, 0.15) is 17.3 Å². The summed E-state index contributed by atoms with van der Waals surface area (Å²) in [5, 5.41) is 6.88. The van der Waals surface area contributed by atoms with Crippen LogP contribution in [0, 0.1) is 0 Å². The zero-order valence-electron chi connectivity index (χ0n) is 13.6. The van der Waals surface area contributed by atoms with Gasteiger partial charge in [0.1, 0.15) is 0 Å². The van der Waals surface area contributed by atoms with Crippen molar-refractivity contribution in [3.63, 3.8) is 0 Å². The van der Waals surface area contributed by atoms with Gasteiger partial charge in [-0.25, -0.2) is 13.1 Å². The molecular formula is C18H17N3O3S. The summed E-state index contributed by atoms with van der Waals surface area (Å²) in [6, 6.07) is 15.0. The predicted octanol–water partition coefficient (Wildman–Crippen LogP) is 2.92. The molecule has 0 atom stereocenters. The molecule has 7 heteroatoms. The molecule has 0 saturated heterocycles. The molecule has 2 aromatic carbocycles. The number of carbonyl (C=O) groups excluding carboxylic acids is 1. The third kappa shape index (κ3) is 3.77. The Morgan fingerprint density at radius 3 is 2.32 bits per heavy atom. The molecular weight excluding hydrogens is 338 g/mol. The summed E-state index contributed by atoms with van der Waals surface area (Å²) in [6.45, 7) is 1.60. The second-order valence-corrected chi connectivity index (χ2v) is 7.66. The molecule has 0 aliphatic carbocycles. The molecule has 25 heavy (non-hydrogen) atoms. The highest BCUT2D eigenvalue weighted by Gasteiger charge is 2.12. The van der Waals surface area contributed by atoms with Crippen LogP contribution in [0.25, 0.3) is 5.69 Å². The molecule has 3 rings (SSSR count). The lowest BCUT2D eigenvalue weighted by Crippen LogP contribution is -2.12. The molecule has 1 heterocycles. The molecule has 1 aromatic heterocycles. The van der Waals surface area contributed by atoms with Crippen LogP contribution in [0.15, 0.2) is 71.9 Å². The van der Waals surface area contributed by atoms with E-state index in [1.807, 2.05) is 12.3 Å². The fourth-order valence-electron chi connectivity index (χ4n) is 2.30. The van der Waals surface area contributed by atoms with Crippen molar-refractivity contribution in [3.8, 4) is 5.69 Å². The molecule has 0 fully saturated rings. The van der Waals surface area contributed by atoms with E-state index in [2.05, 4.69) is 10.4 Å². The average molecular weight is 355 g/mol. The molecule has 128 valence electrons. The predicted molar refractivity (Wildman–Crippen MR) is 95.7 cm³/mol. The maximum Gasteiger partial charge on any atom is 0.255 e. The van der Waals surface area contributed by atoms with Gasteiger partial charge < -0.3 is 5.32 Å². The first-order chi connectivity index (χ1) is 12.0. The monoisotopic (exact) mass is 355 g/mol. The van der Waals surface area contributed by atoms with E-state index >= 15 is 0 Å². The summed E-state index contributed by atoms with van der Waals surface area (Å²) in [4.78, 5) is 12.5. The van der Waals surface area contributed by atoms with E-state index in [1.165, 1.54) is 12.1 Å². The van der Waals surface area contributed by atoms with Gasteiger partial charge in [0.25, 0.3) is 5.91 Å². The minimum atomic E-state index is -3.24. The van der Waals surface area contributed by atoms with Crippen molar-refractivity contribution in [1.82, 2.24) is 9.78 Å². The summed E-state index contributed by atoms with van der Waals surface area (Å²) in [7, 11) is -3.24. The maximum absolute atomic E-state index is 12.3.